The molecule has 1 amide bonds. The van der Waals surface area contributed by atoms with Crippen LogP contribution in [0.1, 0.15) is 30.6 Å². The first-order chi connectivity index (χ1) is 11.5. The van der Waals surface area contributed by atoms with E-state index in [0.29, 0.717) is 15.7 Å². The third kappa shape index (κ3) is 3.86. The van der Waals surface area contributed by atoms with Crippen molar-refractivity contribution < 1.29 is 9.53 Å². The number of aromatic nitrogens is 1. The van der Waals surface area contributed by atoms with Gasteiger partial charge >= 0.3 is 0 Å². The van der Waals surface area contributed by atoms with Gasteiger partial charge in [0.2, 0.25) is 0 Å². The van der Waals surface area contributed by atoms with Crippen LogP contribution in [0.4, 0.5) is 5.13 Å². The molecule has 0 aliphatic heterocycles. The normalized spacial score (nSPS) is 12.1. The Hall–Kier alpha value is -2.11. The van der Waals surface area contributed by atoms with E-state index in [4.69, 9.17) is 16.3 Å². The predicted molar refractivity (Wildman–Crippen MR) is 99.4 cm³/mol. The molecule has 1 heterocycles. The number of fused-ring (bicyclic) bond motifs is 1. The van der Waals surface area contributed by atoms with Crippen molar-refractivity contribution in [2.75, 3.05) is 5.32 Å². The van der Waals surface area contributed by atoms with Crippen LogP contribution in [0.2, 0.25) is 5.02 Å². The highest BCUT2D eigenvalue weighted by molar-refractivity contribution is 7.22. The van der Waals surface area contributed by atoms with Gasteiger partial charge in [-0.15, -0.1) is 0 Å². The van der Waals surface area contributed by atoms with E-state index in [9.17, 15) is 4.79 Å². The summed E-state index contributed by atoms with van der Waals surface area (Å²) >= 11 is 7.37. The average molecular weight is 361 g/mol. The molecule has 0 aliphatic rings. The molecule has 0 fully saturated rings. The molecule has 0 bridgehead atoms. The van der Waals surface area contributed by atoms with E-state index in [1.54, 1.807) is 30.3 Å². The fourth-order valence-electron chi connectivity index (χ4n) is 2.12. The van der Waals surface area contributed by atoms with Gasteiger partial charge in [0, 0.05) is 10.6 Å². The maximum atomic E-state index is 12.3. The Labute approximate surface area is 149 Å². The molecule has 0 saturated heterocycles. The third-order valence-electron chi connectivity index (χ3n) is 3.60. The Balaban J connectivity index is 1.71. The van der Waals surface area contributed by atoms with Crippen molar-refractivity contribution in [1.29, 1.82) is 0 Å². The van der Waals surface area contributed by atoms with Gasteiger partial charge in [-0.1, -0.05) is 29.9 Å². The number of thiazole rings is 1. The van der Waals surface area contributed by atoms with Gasteiger partial charge in [-0.05, 0) is 55.8 Å². The molecule has 2 aromatic carbocycles. The largest absolute Gasteiger partial charge is 0.491 e. The van der Waals surface area contributed by atoms with Crippen LogP contribution in [-0.2, 0) is 0 Å². The lowest BCUT2D eigenvalue weighted by Gasteiger charge is -2.12. The zero-order valence-corrected chi connectivity index (χ0v) is 14.9. The number of anilines is 1. The quantitative estimate of drug-likeness (QED) is 0.664. The molecular weight excluding hydrogens is 344 g/mol. The minimum absolute atomic E-state index is 0.152. The van der Waals surface area contributed by atoms with E-state index in [0.717, 1.165) is 22.4 Å². The summed E-state index contributed by atoms with van der Waals surface area (Å²) in [5, 5.41) is 4.03. The Morgan fingerprint density at radius 2 is 2.04 bits per heavy atom. The van der Waals surface area contributed by atoms with Gasteiger partial charge in [0.05, 0.1) is 16.3 Å². The van der Waals surface area contributed by atoms with Gasteiger partial charge < -0.3 is 4.74 Å². The molecule has 3 rings (SSSR count). The molecule has 4 nitrogen and oxygen atoms in total. The van der Waals surface area contributed by atoms with Gasteiger partial charge in [0.1, 0.15) is 5.75 Å². The lowest BCUT2D eigenvalue weighted by Crippen LogP contribution is -2.12. The second-order valence-electron chi connectivity index (χ2n) is 5.45. The second kappa shape index (κ2) is 7.20. The summed E-state index contributed by atoms with van der Waals surface area (Å²) in [6.45, 7) is 4.08. The number of benzene rings is 2. The summed E-state index contributed by atoms with van der Waals surface area (Å²) in [4.78, 5) is 16.7. The van der Waals surface area contributed by atoms with E-state index in [2.05, 4.69) is 17.2 Å². The van der Waals surface area contributed by atoms with Gasteiger partial charge in [-0.3, -0.25) is 10.1 Å². The number of carbonyl (C=O) groups excluding carboxylic acids is 1. The van der Waals surface area contributed by atoms with Crippen LogP contribution in [-0.4, -0.2) is 17.0 Å². The highest BCUT2D eigenvalue weighted by atomic mass is 35.5. The summed E-state index contributed by atoms with van der Waals surface area (Å²) < 4.78 is 6.65. The number of hydrogen-bond acceptors (Lipinski definition) is 4. The molecule has 0 unspecified atom stereocenters. The number of ether oxygens (including phenoxy) is 1. The van der Waals surface area contributed by atoms with Crippen LogP contribution in [0.3, 0.4) is 0 Å². The predicted octanol–water partition coefficient (Wildman–Crippen LogP) is 5.38. The van der Waals surface area contributed by atoms with Gasteiger partial charge in [-0.25, -0.2) is 4.98 Å². The van der Waals surface area contributed by atoms with Crippen LogP contribution < -0.4 is 10.1 Å². The molecule has 3 aromatic rings. The van der Waals surface area contributed by atoms with Crippen LogP contribution in [0.15, 0.2) is 42.5 Å². The third-order valence-corrected chi connectivity index (χ3v) is 4.77. The number of rotatable bonds is 5. The summed E-state index contributed by atoms with van der Waals surface area (Å²) in [5.74, 6) is 0.561. The van der Waals surface area contributed by atoms with Crippen molar-refractivity contribution in [2.24, 2.45) is 0 Å². The Morgan fingerprint density at radius 3 is 2.75 bits per heavy atom. The monoisotopic (exact) mass is 360 g/mol. The molecule has 0 aliphatic carbocycles. The Kier molecular flexibility index (Phi) is 5.02. The number of nitrogens with one attached hydrogen (secondary N) is 1. The maximum absolute atomic E-state index is 12.3. The molecule has 24 heavy (non-hydrogen) atoms. The van der Waals surface area contributed by atoms with E-state index >= 15 is 0 Å². The van der Waals surface area contributed by atoms with E-state index in [1.165, 1.54) is 11.3 Å². The van der Waals surface area contributed by atoms with Crippen LogP contribution in [0.5, 0.6) is 5.75 Å². The minimum atomic E-state index is -0.199. The molecule has 0 saturated carbocycles. The summed E-state index contributed by atoms with van der Waals surface area (Å²) in [6, 6.07) is 12.6. The van der Waals surface area contributed by atoms with Crippen molar-refractivity contribution in [3.8, 4) is 5.75 Å². The topological polar surface area (TPSA) is 51.2 Å². The lowest BCUT2D eigenvalue weighted by atomic mass is 10.2. The van der Waals surface area contributed by atoms with Crippen LogP contribution >= 0.6 is 22.9 Å². The highest BCUT2D eigenvalue weighted by Gasteiger charge is 2.11. The standard InChI is InChI=1S/C18H17ClN2O2S/c1-3-11(2)23-14-7-4-12(5-8-14)17(22)21-18-20-15-9-6-13(19)10-16(15)24-18/h4-11H,3H2,1-2H3,(H,20,21,22)/t11-/m0/s1. The lowest BCUT2D eigenvalue weighted by molar-refractivity contribution is 0.102. The first-order valence-corrected chi connectivity index (χ1v) is 8.88. The molecule has 124 valence electrons. The first-order valence-electron chi connectivity index (χ1n) is 7.69. The molecular formula is C18H17ClN2O2S. The fourth-order valence-corrected chi connectivity index (χ4v) is 3.26. The van der Waals surface area contributed by atoms with Crippen molar-refractivity contribution in [3.63, 3.8) is 0 Å². The van der Waals surface area contributed by atoms with Crippen molar-refractivity contribution in [2.45, 2.75) is 26.4 Å². The van der Waals surface area contributed by atoms with Crippen LogP contribution in [0.25, 0.3) is 10.2 Å². The first kappa shape index (κ1) is 16.7. The second-order valence-corrected chi connectivity index (χ2v) is 6.91. The molecule has 0 spiro atoms. The molecule has 1 aromatic heterocycles. The fraction of sp³-hybridized carbons (Fsp3) is 0.222. The molecule has 1 N–H and O–H groups in total. The Morgan fingerprint density at radius 1 is 1.29 bits per heavy atom. The highest BCUT2D eigenvalue weighted by Crippen LogP contribution is 2.28. The number of halogens is 1. The van der Waals surface area contributed by atoms with E-state index in [1.807, 2.05) is 19.1 Å². The zero-order chi connectivity index (χ0) is 17.1. The van der Waals surface area contributed by atoms with Crippen molar-refractivity contribution >= 4 is 44.2 Å². The van der Waals surface area contributed by atoms with Crippen molar-refractivity contribution in [1.82, 2.24) is 4.98 Å². The van der Waals surface area contributed by atoms with Crippen LogP contribution in [0, 0.1) is 0 Å². The number of carbonyl (C=O) groups is 1. The van der Waals surface area contributed by atoms with E-state index < -0.39 is 0 Å². The van der Waals surface area contributed by atoms with Gasteiger partial charge in [0.15, 0.2) is 5.13 Å². The molecule has 1 atom stereocenters. The van der Waals surface area contributed by atoms with Gasteiger partial charge in [-0.2, -0.15) is 0 Å². The summed E-state index contributed by atoms with van der Waals surface area (Å²) in [7, 11) is 0. The maximum Gasteiger partial charge on any atom is 0.257 e. The molecule has 0 radical (unpaired) electrons. The Bertz CT molecular complexity index is 861. The summed E-state index contributed by atoms with van der Waals surface area (Å²) in [5.41, 5.74) is 1.38. The zero-order valence-electron chi connectivity index (χ0n) is 13.4. The number of nitrogens with zero attached hydrogens (tertiary/aromatic N) is 1. The minimum Gasteiger partial charge on any atom is -0.491 e. The number of amides is 1. The van der Waals surface area contributed by atoms with Crippen molar-refractivity contribution in [3.05, 3.63) is 53.1 Å². The van der Waals surface area contributed by atoms with E-state index in [-0.39, 0.29) is 12.0 Å². The molecule has 6 heteroatoms. The SMILES string of the molecule is CC[C@H](C)Oc1ccc(C(=O)Nc2nc3ccc(Cl)cc3s2)cc1. The summed E-state index contributed by atoms with van der Waals surface area (Å²) in [6.07, 6.45) is 1.09. The average Bonchev–Trinajstić information content (AvgIpc) is 2.96. The van der Waals surface area contributed by atoms with Gasteiger partial charge in [0.25, 0.3) is 5.91 Å². The smallest absolute Gasteiger partial charge is 0.257 e. The number of hydrogen-bond donors (Lipinski definition) is 1.